The minimum atomic E-state index is -3.88. The van der Waals surface area contributed by atoms with E-state index in [1.807, 2.05) is 26.0 Å². The smallest absolute Gasteiger partial charge is 0.344 e. The molecule has 0 radical (unpaired) electrons. The third-order valence-electron chi connectivity index (χ3n) is 3.49. The summed E-state index contributed by atoms with van der Waals surface area (Å²) in [5, 5.41) is 7.45. The van der Waals surface area contributed by atoms with Crippen LogP contribution in [0.3, 0.4) is 0 Å². The molecular formula is C18H20N2O6S. The van der Waals surface area contributed by atoms with Gasteiger partial charge in [-0.2, -0.15) is 0 Å². The molecule has 0 saturated heterocycles. The second-order valence-electron chi connectivity index (χ2n) is 5.84. The summed E-state index contributed by atoms with van der Waals surface area (Å²) >= 11 is 0. The average Bonchev–Trinajstić information content (AvgIpc) is 2.58. The summed E-state index contributed by atoms with van der Waals surface area (Å²) in [4.78, 5) is 23.4. The number of sulfonamides is 1. The monoisotopic (exact) mass is 392 g/mol. The molecule has 8 nitrogen and oxygen atoms in total. The van der Waals surface area contributed by atoms with Crippen LogP contribution in [0.1, 0.15) is 11.1 Å². The Labute approximate surface area is 157 Å². The van der Waals surface area contributed by atoms with E-state index in [-0.39, 0.29) is 17.2 Å². The van der Waals surface area contributed by atoms with E-state index in [1.165, 1.54) is 24.3 Å². The number of carbonyl (C=O) groups excluding carboxylic acids is 2. The Bertz CT molecular complexity index is 956. The van der Waals surface area contributed by atoms with Crippen LogP contribution in [0.15, 0.2) is 47.4 Å². The number of rotatable bonds is 7. The topological polar surface area (TPSA) is 125 Å². The SMILES string of the molecule is Cc1ccc(OCC(=O)OCC(=O)Nc2cccc(S(N)(=O)=O)c2)c(C)c1. The molecule has 9 heteroatoms. The van der Waals surface area contributed by atoms with Gasteiger partial charge in [0.25, 0.3) is 5.91 Å². The van der Waals surface area contributed by atoms with Crippen LogP contribution in [-0.4, -0.2) is 33.5 Å². The first-order valence-electron chi connectivity index (χ1n) is 7.93. The summed E-state index contributed by atoms with van der Waals surface area (Å²) in [7, 11) is -3.88. The van der Waals surface area contributed by atoms with Gasteiger partial charge in [0.1, 0.15) is 5.75 Å². The van der Waals surface area contributed by atoms with Crippen molar-refractivity contribution in [2.24, 2.45) is 5.14 Å². The van der Waals surface area contributed by atoms with Gasteiger partial charge in [-0.05, 0) is 43.7 Å². The molecule has 2 aromatic carbocycles. The van der Waals surface area contributed by atoms with Crippen molar-refractivity contribution >= 4 is 27.6 Å². The van der Waals surface area contributed by atoms with Crippen molar-refractivity contribution in [3.63, 3.8) is 0 Å². The van der Waals surface area contributed by atoms with Crippen molar-refractivity contribution in [1.29, 1.82) is 0 Å². The summed E-state index contributed by atoms with van der Waals surface area (Å²) < 4.78 is 32.8. The second kappa shape index (κ2) is 8.65. The number of carbonyl (C=O) groups is 2. The number of hydrogen-bond acceptors (Lipinski definition) is 6. The molecule has 0 aliphatic carbocycles. The van der Waals surface area contributed by atoms with E-state index in [0.29, 0.717) is 5.75 Å². The number of benzene rings is 2. The standard InChI is InChI=1S/C18H20N2O6S/c1-12-6-7-16(13(2)8-12)25-11-18(22)26-10-17(21)20-14-4-3-5-15(9-14)27(19,23)24/h3-9H,10-11H2,1-2H3,(H,20,21)(H2,19,23,24). The lowest BCUT2D eigenvalue weighted by Gasteiger charge is -2.10. The first kappa shape index (κ1) is 20.4. The minimum absolute atomic E-state index is 0.140. The molecule has 0 aromatic heterocycles. The van der Waals surface area contributed by atoms with Gasteiger partial charge in [0.05, 0.1) is 4.90 Å². The summed E-state index contributed by atoms with van der Waals surface area (Å²) in [6.45, 7) is 2.94. The van der Waals surface area contributed by atoms with E-state index in [4.69, 9.17) is 14.6 Å². The van der Waals surface area contributed by atoms with Crippen LogP contribution in [0.5, 0.6) is 5.75 Å². The quantitative estimate of drug-likeness (QED) is 0.688. The lowest BCUT2D eigenvalue weighted by molar-refractivity contribution is -0.149. The molecule has 27 heavy (non-hydrogen) atoms. The van der Waals surface area contributed by atoms with Crippen LogP contribution in [0.2, 0.25) is 0 Å². The number of hydrogen-bond donors (Lipinski definition) is 2. The van der Waals surface area contributed by atoms with E-state index in [1.54, 1.807) is 6.07 Å². The first-order valence-corrected chi connectivity index (χ1v) is 9.48. The van der Waals surface area contributed by atoms with Crippen molar-refractivity contribution in [3.8, 4) is 5.75 Å². The maximum absolute atomic E-state index is 11.8. The minimum Gasteiger partial charge on any atom is -0.482 e. The molecule has 0 bridgehead atoms. The summed E-state index contributed by atoms with van der Waals surface area (Å²) in [5.74, 6) is -0.772. The Morgan fingerprint density at radius 2 is 1.81 bits per heavy atom. The molecule has 0 saturated carbocycles. The molecule has 3 N–H and O–H groups in total. The summed E-state index contributed by atoms with van der Waals surface area (Å²) in [6, 6.07) is 11.0. The van der Waals surface area contributed by atoms with Crippen molar-refractivity contribution in [2.45, 2.75) is 18.7 Å². The van der Waals surface area contributed by atoms with E-state index in [9.17, 15) is 18.0 Å². The lowest BCUT2D eigenvalue weighted by atomic mass is 10.1. The van der Waals surface area contributed by atoms with Gasteiger partial charge in [0.15, 0.2) is 13.2 Å². The predicted octanol–water partition coefficient (Wildman–Crippen LogP) is 1.51. The Morgan fingerprint density at radius 3 is 2.48 bits per heavy atom. The van der Waals surface area contributed by atoms with Crippen molar-refractivity contribution < 1.29 is 27.5 Å². The zero-order valence-corrected chi connectivity index (χ0v) is 15.7. The highest BCUT2D eigenvalue weighted by Gasteiger charge is 2.12. The van der Waals surface area contributed by atoms with Crippen LogP contribution in [-0.2, 0) is 24.3 Å². The van der Waals surface area contributed by atoms with E-state index in [0.717, 1.165) is 11.1 Å². The molecule has 1 amide bonds. The van der Waals surface area contributed by atoms with Crippen LogP contribution >= 0.6 is 0 Å². The van der Waals surface area contributed by atoms with Gasteiger partial charge in [-0.1, -0.05) is 23.8 Å². The molecule has 0 unspecified atom stereocenters. The van der Waals surface area contributed by atoms with E-state index >= 15 is 0 Å². The van der Waals surface area contributed by atoms with Crippen molar-refractivity contribution in [3.05, 3.63) is 53.6 Å². The highest BCUT2D eigenvalue weighted by Crippen LogP contribution is 2.18. The highest BCUT2D eigenvalue weighted by atomic mass is 32.2. The lowest BCUT2D eigenvalue weighted by Crippen LogP contribution is -2.24. The van der Waals surface area contributed by atoms with Crippen LogP contribution < -0.4 is 15.2 Å². The Morgan fingerprint density at radius 1 is 1.07 bits per heavy atom. The van der Waals surface area contributed by atoms with Gasteiger partial charge in [0, 0.05) is 5.69 Å². The molecule has 0 aliphatic heterocycles. The van der Waals surface area contributed by atoms with E-state index < -0.39 is 28.5 Å². The fraction of sp³-hybridized carbons (Fsp3) is 0.222. The molecule has 2 rings (SSSR count). The first-order chi connectivity index (χ1) is 12.6. The van der Waals surface area contributed by atoms with Crippen molar-refractivity contribution in [2.75, 3.05) is 18.5 Å². The van der Waals surface area contributed by atoms with Gasteiger partial charge in [0.2, 0.25) is 10.0 Å². The van der Waals surface area contributed by atoms with E-state index in [2.05, 4.69) is 5.32 Å². The van der Waals surface area contributed by atoms with Gasteiger partial charge in [-0.3, -0.25) is 4.79 Å². The number of nitrogens with one attached hydrogen (secondary N) is 1. The summed E-state index contributed by atoms with van der Waals surface area (Å²) in [5.41, 5.74) is 2.18. The number of primary sulfonamides is 1. The van der Waals surface area contributed by atoms with Crippen LogP contribution in [0.25, 0.3) is 0 Å². The predicted molar refractivity (Wildman–Crippen MR) is 98.8 cm³/mol. The second-order valence-corrected chi connectivity index (χ2v) is 7.40. The van der Waals surface area contributed by atoms with Crippen molar-refractivity contribution in [1.82, 2.24) is 0 Å². The third-order valence-corrected chi connectivity index (χ3v) is 4.40. The Hall–Kier alpha value is -2.91. The molecule has 0 spiro atoms. The highest BCUT2D eigenvalue weighted by molar-refractivity contribution is 7.89. The Kier molecular flexibility index (Phi) is 6.54. The normalized spacial score (nSPS) is 10.9. The summed E-state index contributed by atoms with van der Waals surface area (Å²) in [6.07, 6.45) is 0. The maximum Gasteiger partial charge on any atom is 0.344 e. The fourth-order valence-electron chi connectivity index (χ4n) is 2.23. The molecule has 2 aromatic rings. The molecule has 0 atom stereocenters. The molecule has 144 valence electrons. The van der Waals surface area contributed by atoms with Crippen LogP contribution in [0.4, 0.5) is 5.69 Å². The largest absolute Gasteiger partial charge is 0.482 e. The zero-order valence-electron chi connectivity index (χ0n) is 14.9. The number of ether oxygens (including phenoxy) is 2. The molecular weight excluding hydrogens is 372 g/mol. The van der Waals surface area contributed by atoms with Gasteiger partial charge in [-0.25, -0.2) is 18.4 Å². The Balaban J connectivity index is 1.82. The molecule has 0 aliphatic rings. The fourth-order valence-corrected chi connectivity index (χ4v) is 2.79. The van der Waals surface area contributed by atoms with Crippen LogP contribution in [0, 0.1) is 13.8 Å². The third kappa shape index (κ3) is 6.39. The van der Waals surface area contributed by atoms with Gasteiger partial charge >= 0.3 is 5.97 Å². The number of esters is 1. The molecule has 0 fully saturated rings. The maximum atomic E-state index is 11.8. The molecule has 0 heterocycles. The van der Waals surface area contributed by atoms with Gasteiger partial charge < -0.3 is 14.8 Å². The number of anilines is 1. The number of amides is 1. The zero-order chi connectivity index (χ0) is 20.0. The number of aryl methyl sites for hydroxylation is 2. The average molecular weight is 392 g/mol. The number of nitrogens with two attached hydrogens (primary N) is 1. The van der Waals surface area contributed by atoms with Gasteiger partial charge in [-0.15, -0.1) is 0 Å².